The van der Waals surface area contributed by atoms with Crippen LogP contribution in [0.1, 0.15) is 19.8 Å². The van der Waals surface area contributed by atoms with E-state index in [0.717, 1.165) is 17.8 Å². The number of anilines is 2. The van der Waals surface area contributed by atoms with Crippen LogP contribution in [0.3, 0.4) is 0 Å². The van der Waals surface area contributed by atoms with E-state index in [1.807, 2.05) is 37.3 Å². The largest absolute Gasteiger partial charge is 0.391 e. The van der Waals surface area contributed by atoms with Crippen LogP contribution in [-0.4, -0.2) is 30.2 Å². The molecule has 0 aromatic heterocycles. The molecule has 1 aromatic carbocycles. The van der Waals surface area contributed by atoms with Crippen molar-refractivity contribution in [2.45, 2.75) is 25.9 Å². The number of amides is 1. The maximum Gasteiger partial charge on any atom is 0.229 e. The number of nitrogens with zero attached hydrogens (tertiary/aromatic N) is 1. The molecule has 1 aliphatic rings. The number of aliphatic hydroxyl groups excluding tert-OH is 1. The molecular weight excluding hydrogens is 252 g/mol. The van der Waals surface area contributed by atoms with Gasteiger partial charge in [-0.2, -0.15) is 0 Å². The summed E-state index contributed by atoms with van der Waals surface area (Å²) in [6.45, 7) is 6.73. The smallest absolute Gasteiger partial charge is 0.229 e. The van der Waals surface area contributed by atoms with E-state index in [1.165, 1.54) is 0 Å². The first-order chi connectivity index (χ1) is 9.61. The summed E-state index contributed by atoms with van der Waals surface area (Å²) < 4.78 is 0. The minimum absolute atomic E-state index is 0.0283. The second kappa shape index (κ2) is 6.57. The molecule has 0 aliphatic carbocycles. The fraction of sp³-hybridized carbons (Fsp3) is 0.438. The van der Waals surface area contributed by atoms with Crippen molar-refractivity contribution in [3.05, 3.63) is 36.9 Å². The Kier molecular flexibility index (Phi) is 4.79. The Balaban J connectivity index is 2.18. The maximum absolute atomic E-state index is 12.0. The van der Waals surface area contributed by atoms with Crippen molar-refractivity contribution in [1.29, 1.82) is 0 Å². The van der Waals surface area contributed by atoms with Gasteiger partial charge in [-0.05, 0) is 25.0 Å². The quantitative estimate of drug-likeness (QED) is 0.811. The molecule has 0 bridgehead atoms. The fourth-order valence-corrected chi connectivity index (χ4v) is 2.45. The van der Waals surface area contributed by atoms with Crippen LogP contribution in [0.25, 0.3) is 0 Å². The summed E-state index contributed by atoms with van der Waals surface area (Å²) in [5.74, 6) is -0.0745. The van der Waals surface area contributed by atoms with Crippen molar-refractivity contribution in [3.63, 3.8) is 0 Å². The van der Waals surface area contributed by atoms with Crippen LogP contribution in [0, 0.1) is 5.92 Å². The Hall–Kier alpha value is -1.81. The van der Waals surface area contributed by atoms with E-state index in [0.29, 0.717) is 19.5 Å². The van der Waals surface area contributed by atoms with E-state index >= 15 is 0 Å². The molecule has 4 heteroatoms. The summed E-state index contributed by atoms with van der Waals surface area (Å²) in [5.41, 5.74) is 1.79. The summed E-state index contributed by atoms with van der Waals surface area (Å²) in [7, 11) is 0. The molecule has 0 radical (unpaired) electrons. The zero-order valence-corrected chi connectivity index (χ0v) is 11.9. The van der Waals surface area contributed by atoms with Crippen molar-refractivity contribution < 1.29 is 9.90 Å². The van der Waals surface area contributed by atoms with Gasteiger partial charge in [-0.15, -0.1) is 6.58 Å². The van der Waals surface area contributed by atoms with Gasteiger partial charge in [0.2, 0.25) is 5.91 Å². The van der Waals surface area contributed by atoms with Gasteiger partial charge < -0.3 is 15.3 Å². The third-order valence-corrected chi connectivity index (χ3v) is 3.58. The molecule has 2 unspecified atom stereocenters. The molecule has 1 aliphatic heterocycles. The first-order valence-electron chi connectivity index (χ1n) is 7.05. The van der Waals surface area contributed by atoms with E-state index in [9.17, 15) is 9.90 Å². The number of fused-ring (bicyclic) bond motifs is 1. The molecule has 2 N–H and O–H groups in total. The van der Waals surface area contributed by atoms with Crippen LogP contribution in [0.4, 0.5) is 11.4 Å². The predicted molar refractivity (Wildman–Crippen MR) is 81.9 cm³/mol. The van der Waals surface area contributed by atoms with Crippen LogP contribution >= 0.6 is 0 Å². The van der Waals surface area contributed by atoms with Crippen molar-refractivity contribution in [3.8, 4) is 0 Å². The zero-order chi connectivity index (χ0) is 14.5. The molecule has 1 heterocycles. The molecule has 1 aromatic rings. The number of carbonyl (C=O) groups excluding carboxylic acids is 1. The first kappa shape index (κ1) is 14.6. The Labute approximate surface area is 120 Å². The Morgan fingerprint density at radius 3 is 3.05 bits per heavy atom. The number of benzene rings is 1. The van der Waals surface area contributed by atoms with Crippen molar-refractivity contribution >= 4 is 17.3 Å². The summed E-state index contributed by atoms with van der Waals surface area (Å²) in [4.78, 5) is 14.1. The second-order valence-corrected chi connectivity index (χ2v) is 5.33. The molecule has 0 fully saturated rings. The molecule has 108 valence electrons. The van der Waals surface area contributed by atoms with Crippen LogP contribution in [0.5, 0.6) is 0 Å². The summed E-state index contributed by atoms with van der Waals surface area (Å²) >= 11 is 0. The minimum atomic E-state index is -0.415. The number of hydrogen-bond donors (Lipinski definition) is 2. The third kappa shape index (κ3) is 3.39. The lowest BCUT2D eigenvalue weighted by atomic mass is 10.1. The topological polar surface area (TPSA) is 52.6 Å². The van der Waals surface area contributed by atoms with Crippen LogP contribution in [0.2, 0.25) is 0 Å². The first-order valence-corrected chi connectivity index (χ1v) is 7.05. The lowest BCUT2D eigenvalue weighted by Crippen LogP contribution is -2.36. The van der Waals surface area contributed by atoms with Gasteiger partial charge in [0.25, 0.3) is 0 Å². The van der Waals surface area contributed by atoms with Gasteiger partial charge in [0.15, 0.2) is 0 Å². The summed E-state index contributed by atoms with van der Waals surface area (Å²) in [5, 5.41) is 13.0. The van der Waals surface area contributed by atoms with Crippen molar-refractivity contribution in [2.75, 3.05) is 23.3 Å². The number of carbonyl (C=O) groups is 1. The Morgan fingerprint density at radius 2 is 2.30 bits per heavy atom. The maximum atomic E-state index is 12.0. The number of allylic oxidation sites excluding steroid dienone is 1. The SMILES string of the molecule is C=CCCC(O)CN1CC(C)C(=O)Nc2ccccc21. The fourth-order valence-electron chi connectivity index (χ4n) is 2.45. The Morgan fingerprint density at radius 1 is 1.55 bits per heavy atom. The average molecular weight is 274 g/mol. The van der Waals surface area contributed by atoms with Crippen LogP contribution < -0.4 is 10.2 Å². The summed E-state index contributed by atoms with van der Waals surface area (Å²) in [6, 6.07) is 7.73. The number of aliphatic hydroxyl groups is 1. The van der Waals surface area contributed by atoms with Gasteiger partial charge in [0.05, 0.1) is 23.4 Å². The Bertz CT molecular complexity index is 487. The summed E-state index contributed by atoms with van der Waals surface area (Å²) in [6.07, 6.45) is 2.88. The van der Waals surface area contributed by atoms with E-state index in [2.05, 4.69) is 16.8 Å². The molecule has 1 amide bonds. The number of rotatable bonds is 5. The number of nitrogens with one attached hydrogen (secondary N) is 1. The molecule has 4 nitrogen and oxygen atoms in total. The minimum Gasteiger partial charge on any atom is -0.391 e. The van der Waals surface area contributed by atoms with Crippen molar-refractivity contribution in [1.82, 2.24) is 0 Å². The van der Waals surface area contributed by atoms with E-state index in [-0.39, 0.29) is 11.8 Å². The zero-order valence-electron chi connectivity index (χ0n) is 11.9. The van der Waals surface area contributed by atoms with Crippen LogP contribution in [0.15, 0.2) is 36.9 Å². The monoisotopic (exact) mass is 274 g/mol. The molecule has 0 saturated carbocycles. The van der Waals surface area contributed by atoms with Gasteiger partial charge in [0.1, 0.15) is 0 Å². The second-order valence-electron chi connectivity index (χ2n) is 5.33. The average Bonchev–Trinajstić information content (AvgIpc) is 2.55. The van der Waals surface area contributed by atoms with Gasteiger partial charge >= 0.3 is 0 Å². The van der Waals surface area contributed by atoms with E-state index in [4.69, 9.17) is 0 Å². The van der Waals surface area contributed by atoms with E-state index in [1.54, 1.807) is 0 Å². The molecule has 20 heavy (non-hydrogen) atoms. The van der Waals surface area contributed by atoms with Crippen LogP contribution in [-0.2, 0) is 4.79 Å². The molecule has 2 rings (SSSR count). The predicted octanol–water partition coefficient (Wildman–Crippen LogP) is 2.41. The van der Waals surface area contributed by atoms with Gasteiger partial charge in [-0.3, -0.25) is 4.79 Å². The normalized spacial score (nSPS) is 19.8. The third-order valence-electron chi connectivity index (χ3n) is 3.58. The van der Waals surface area contributed by atoms with Gasteiger partial charge in [-0.25, -0.2) is 0 Å². The van der Waals surface area contributed by atoms with Crippen molar-refractivity contribution in [2.24, 2.45) is 5.92 Å². The lowest BCUT2D eigenvalue weighted by molar-refractivity contribution is -0.119. The van der Waals surface area contributed by atoms with Gasteiger partial charge in [-0.1, -0.05) is 25.1 Å². The number of β-amino-alcohol motifs (C(OH)–C–C–N with tert-alkyl or cyclic N) is 1. The molecule has 0 spiro atoms. The highest BCUT2D eigenvalue weighted by Crippen LogP contribution is 2.30. The number of hydrogen-bond acceptors (Lipinski definition) is 3. The number of para-hydroxylation sites is 2. The highest BCUT2D eigenvalue weighted by Gasteiger charge is 2.25. The lowest BCUT2D eigenvalue weighted by Gasteiger charge is -2.27. The van der Waals surface area contributed by atoms with Gasteiger partial charge in [0, 0.05) is 13.1 Å². The molecule has 2 atom stereocenters. The molecular formula is C16H22N2O2. The van der Waals surface area contributed by atoms with E-state index < -0.39 is 6.10 Å². The highest BCUT2D eigenvalue weighted by molar-refractivity contribution is 5.97. The standard InChI is InChI=1S/C16H22N2O2/c1-3-4-7-13(19)11-18-10-12(2)16(20)17-14-8-5-6-9-15(14)18/h3,5-6,8-9,12-13,19H,1,4,7,10-11H2,2H3,(H,17,20). The highest BCUT2D eigenvalue weighted by atomic mass is 16.3. The molecule has 0 saturated heterocycles.